The minimum Gasteiger partial charge on any atom is -0.436 e. The van der Waals surface area contributed by atoms with Crippen LogP contribution in [0.15, 0.2) is 40.8 Å². The highest BCUT2D eigenvalue weighted by Crippen LogP contribution is 2.33. The first kappa shape index (κ1) is 14.6. The number of hydrogen-bond acceptors (Lipinski definition) is 2. The van der Waals surface area contributed by atoms with Crippen LogP contribution in [-0.2, 0) is 6.18 Å². The largest absolute Gasteiger partial charge is 0.436 e. The molecule has 0 fully saturated rings. The van der Waals surface area contributed by atoms with E-state index < -0.39 is 11.7 Å². The van der Waals surface area contributed by atoms with Crippen molar-refractivity contribution in [2.45, 2.75) is 6.18 Å². The number of nitrogens with zero attached hydrogens (tertiary/aromatic N) is 1. The Kier molecular flexibility index (Phi) is 3.61. The molecular weight excluding hydrogens is 418 g/mol. The van der Waals surface area contributed by atoms with Gasteiger partial charge in [-0.05, 0) is 59.0 Å². The van der Waals surface area contributed by atoms with Crippen molar-refractivity contribution in [1.82, 2.24) is 4.98 Å². The lowest BCUT2D eigenvalue weighted by Crippen LogP contribution is -2.03. The Bertz CT molecular complexity index is 811. The minimum absolute atomic E-state index is 0.239. The molecule has 0 amide bonds. The molecule has 0 aliphatic heterocycles. The van der Waals surface area contributed by atoms with E-state index in [1.165, 1.54) is 12.1 Å². The van der Waals surface area contributed by atoms with Gasteiger partial charge in [0.15, 0.2) is 5.58 Å². The third kappa shape index (κ3) is 2.87. The normalized spacial score (nSPS) is 12.0. The fourth-order valence-electron chi connectivity index (χ4n) is 1.88. The lowest BCUT2D eigenvalue weighted by Gasteiger charge is -2.05. The summed E-state index contributed by atoms with van der Waals surface area (Å²) in [5, 5.41) is 0.443. The van der Waals surface area contributed by atoms with Crippen molar-refractivity contribution in [3.05, 3.63) is 50.6 Å². The van der Waals surface area contributed by atoms with E-state index in [0.717, 1.165) is 15.7 Å². The van der Waals surface area contributed by atoms with Crippen LogP contribution in [0.5, 0.6) is 0 Å². The second kappa shape index (κ2) is 5.17. The first-order valence-corrected chi connectivity index (χ1v) is 7.23. The number of halogens is 5. The van der Waals surface area contributed by atoms with Gasteiger partial charge in [-0.3, -0.25) is 0 Å². The molecule has 0 aliphatic carbocycles. The van der Waals surface area contributed by atoms with Gasteiger partial charge in [0.1, 0.15) is 5.52 Å². The second-order valence-electron chi connectivity index (χ2n) is 4.33. The monoisotopic (exact) mass is 423 g/mol. The smallest absolute Gasteiger partial charge is 0.416 e. The Morgan fingerprint density at radius 2 is 1.76 bits per heavy atom. The van der Waals surface area contributed by atoms with Crippen molar-refractivity contribution >= 4 is 45.3 Å². The Morgan fingerprint density at radius 1 is 1.10 bits per heavy atom. The van der Waals surface area contributed by atoms with Gasteiger partial charge in [0, 0.05) is 9.13 Å². The van der Waals surface area contributed by atoms with E-state index in [9.17, 15) is 13.2 Å². The molecule has 21 heavy (non-hydrogen) atoms. The van der Waals surface area contributed by atoms with Crippen LogP contribution < -0.4 is 0 Å². The summed E-state index contributed by atoms with van der Waals surface area (Å²) < 4.78 is 44.0. The standard InChI is InChI=1S/C14H6ClF3INO/c15-10-5-9(19)6-11-12(10)20-13(21-11)7-1-3-8(4-2-7)14(16,17)18/h1-6H. The predicted molar refractivity (Wildman–Crippen MR) is 82.2 cm³/mol. The predicted octanol–water partition coefficient (Wildman–Crippen LogP) is 5.77. The van der Waals surface area contributed by atoms with Crippen molar-refractivity contribution in [3.8, 4) is 11.5 Å². The molecule has 2 nitrogen and oxygen atoms in total. The van der Waals surface area contributed by atoms with E-state index in [0.29, 0.717) is 21.7 Å². The van der Waals surface area contributed by atoms with Crippen LogP contribution >= 0.6 is 34.2 Å². The maximum atomic E-state index is 12.5. The van der Waals surface area contributed by atoms with Gasteiger partial charge in [-0.15, -0.1) is 0 Å². The lowest BCUT2D eigenvalue weighted by molar-refractivity contribution is -0.137. The molecule has 3 aromatic rings. The molecule has 0 saturated carbocycles. The van der Waals surface area contributed by atoms with Gasteiger partial charge < -0.3 is 4.42 Å². The molecule has 0 bridgehead atoms. The number of rotatable bonds is 1. The molecule has 1 aromatic heterocycles. The number of benzene rings is 2. The zero-order valence-corrected chi connectivity index (χ0v) is 13.1. The van der Waals surface area contributed by atoms with Crippen LogP contribution in [-0.4, -0.2) is 4.98 Å². The number of hydrogen-bond donors (Lipinski definition) is 0. The summed E-state index contributed by atoms with van der Waals surface area (Å²) in [7, 11) is 0. The van der Waals surface area contributed by atoms with Crippen LogP contribution in [0, 0.1) is 3.57 Å². The van der Waals surface area contributed by atoms with Crippen molar-refractivity contribution in [2.75, 3.05) is 0 Å². The van der Waals surface area contributed by atoms with Gasteiger partial charge in [0.2, 0.25) is 5.89 Å². The molecular formula is C14H6ClF3INO. The molecule has 1 heterocycles. The average molecular weight is 424 g/mol. The molecule has 2 aromatic carbocycles. The first-order valence-electron chi connectivity index (χ1n) is 5.78. The van der Waals surface area contributed by atoms with Crippen LogP contribution in [0.25, 0.3) is 22.6 Å². The molecule has 0 aliphatic rings. The fraction of sp³-hybridized carbons (Fsp3) is 0.0714. The summed E-state index contributed by atoms with van der Waals surface area (Å²) in [6.07, 6.45) is -4.36. The van der Waals surface area contributed by atoms with Crippen molar-refractivity contribution in [1.29, 1.82) is 0 Å². The van der Waals surface area contributed by atoms with Gasteiger partial charge in [-0.25, -0.2) is 4.98 Å². The zero-order valence-electron chi connectivity index (χ0n) is 10.2. The molecule has 3 rings (SSSR count). The van der Waals surface area contributed by atoms with E-state index in [1.54, 1.807) is 12.1 Å². The average Bonchev–Trinajstić information content (AvgIpc) is 2.82. The highest BCUT2D eigenvalue weighted by atomic mass is 127. The van der Waals surface area contributed by atoms with E-state index in [2.05, 4.69) is 27.6 Å². The highest BCUT2D eigenvalue weighted by molar-refractivity contribution is 14.1. The Morgan fingerprint density at radius 3 is 2.38 bits per heavy atom. The SMILES string of the molecule is FC(F)(F)c1ccc(-c2nc3c(Cl)cc(I)cc3o2)cc1. The van der Waals surface area contributed by atoms with E-state index >= 15 is 0 Å². The fourth-order valence-corrected chi connectivity index (χ4v) is 2.91. The van der Waals surface area contributed by atoms with Crippen LogP contribution in [0.1, 0.15) is 5.56 Å². The van der Waals surface area contributed by atoms with E-state index in [4.69, 9.17) is 16.0 Å². The summed E-state index contributed by atoms with van der Waals surface area (Å²) in [5.74, 6) is 0.239. The molecule has 0 unspecified atom stereocenters. The van der Waals surface area contributed by atoms with Gasteiger partial charge in [-0.1, -0.05) is 11.6 Å². The Hall–Kier alpha value is -1.28. The van der Waals surface area contributed by atoms with Gasteiger partial charge in [0.05, 0.1) is 10.6 Å². The summed E-state index contributed by atoms with van der Waals surface area (Å²) in [4.78, 5) is 4.23. The number of aromatic nitrogens is 1. The zero-order chi connectivity index (χ0) is 15.2. The quantitative estimate of drug-likeness (QED) is 0.464. The minimum atomic E-state index is -4.36. The summed E-state index contributed by atoms with van der Waals surface area (Å²) in [6.45, 7) is 0. The van der Waals surface area contributed by atoms with Gasteiger partial charge >= 0.3 is 6.18 Å². The van der Waals surface area contributed by atoms with Crippen molar-refractivity contribution in [3.63, 3.8) is 0 Å². The molecule has 0 spiro atoms. The summed E-state index contributed by atoms with van der Waals surface area (Å²) >= 11 is 8.17. The molecule has 7 heteroatoms. The van der Waals surface area contributed by atoms with Gasteiger partial charge in [-0.2, -0.15) is 13.2 Å². The maximum Gasteiger partial charge on any atom is 0.416 e. The second-order valence-corrected chi connectivity index (χ2v) is 5.98. The first-order chi connectivity index (χ1) is 9.84. The number of fused-ring (bicyclic) bond motifs is 1. The summed E-state index contributed by atoms with van der Waals surface area (Å²) in [5.41, 5.74) is 0.744. The third-order valence-electron chi connectivity index (χ3n) is 2.87. The molecule has 0 saturated heterocycles. The molecule has 108 valence electrons. The molecule has 0 atom stereocenters. The topological polar surface area (TPSA) is 26.0 Å². The highest BCUT2D eigenvalue weighted by Gasteiger charge is 2.30. The van der Waals surface area contributed by atoms with Crippen LogP contribution in [0.2, 0.25) is 5.02 Å². The number of alkyl halides is 3. The molecule has 0 radical (unpaired) electrons. The Balaban J connectivity index is 2.06. The Labute approximate surface area is 136 Å². The van der Waals surface area contributed by atoms with Crippen molar-refractivity contribution in [2.24, 2.45) is 0 Å². The third-order valence-corrected chi connectivity index (χ3v) is 3.78. The lowest BCUT2D eigenvalue weighted by atomic mass is 10.1. The van der Waals surface area contributed by atoms with Crippen LogP contribution in [0.3, 0.4) is 0 Å². The van der Waals surface area contributed by atoms with Gasteiger partial charge in [0.25, 0.3) is 0 Å². The molecule has 0 N–H and O–H groups in total. The van der Waals surface area contributed by atoms with E-state index in [1.807, 2.05) is 0 Å². The van der Waals surface area contributed by atoms with E-state index in [-0.39, 0.29) is 5.89 Å². The maximum absolute atomic E-state index is 12.5. The number of oxazole rings is 1. The summed E-state index contributed by atoms with van der Waals surface area (Å²) in [6, 6.07) is 8.15. The van der Waals surface area contributed by atoms with Crippen molar-refractivity contribution < 1.29 is 17.6 Å². The van der Waals surface area contributed by atoms with Crippen LogP contribution in [0.4, 0.5) is 13.2 Å².